The lowest BCUT2D eigenvalue weighted by Gasteiger charge is -2.09. The molecule has 0 N–H and O–H groups in total. The van der Waals surface area contributed by atoms with Gasteiger partial charge in [-0.15, -0.1) is 0 Å². The molecular weight excluding hydrogens is 494 g/mol. The van der Waals surface area contributed by atoms with Crippen LogP contribution < -0.4 is 9.47 Å². The SMILES string of the molecule is C=C(C)C(=O)OC=COc1ccc(-c2ccc(-c3ccc(OC=COC(=O)C(=C)C)c(F)c3)c(F)c2)cc1. The monoisotopic (exact) mass is 518 g/mol. The molecule has 3 aromatic carbocycles. The van der Waals surface area contributed by atoms with Crippen molar-refractivity contribution in [1.29, 1.82) is 0 Å². The second-order valence-electron chi connectivity index (χ2n) is 8.02. The van der Waals surface area contributed by atoms with Crippen molar-refractivity contribution in [3.8, 4) is 33.8 Å². The first-order valence-corrected chi connectivity index (χ1v) is 11.2. The summed E-state index contributed by atoms with van der Waals surface area (Å²) in [6.45, 7) is 9.93. The van der Waals surface area contributed by atoms with Gasteiger partial charge in [0.2, 0.25) is 0 Å². The maximum Gasteiger partial charge on any atom is 0.338 e. The minimum Gasteiger partial charge on any atom is -0.462 e. The van der Waals surface area contributed by atoms with Crippen LogP contribution in [0.4, 0.5) is 8.78 Å². The number of halogens is 2. The first-order chi connectivity index (χ1) is 18.2. The summed E-state index contributed by atoms with van der Waals surface area (Å²) < 4.78 is 49.5. The Morgan fingerprint density at radius 3 is 1.74 bits per heavy atom. The first-order valence-electron chi connectivity index (χ1n) is 11.2. The van der Waals surface area contributed by atoms with Crippen molar-refractivity contribution >= 4 is 11.9 Å². The van der Waals surface area contributed by atoms with E-state index in [1.807, 2.05) is 0 Å². The molecule has 8 heteroatoms. The third kappa shape index (κ3) is 7.51. The molecule has 0 atom stereocenters. The van der Waals surface area contributed by atoms with Crippen LogP contribution in [0, 0.1) is 11.6 Å². The predicted octanol–water partition coefficient (Wildman–Crippen LogP) is 7.24. The summed E-state index contributed by atoms with van der Waals surface area (Å²) in [5, 5.41) is 0. The standard InChI is InChI=1S/C30H24F2O6/c1-19(2)29(33)37-15-13-35-24-9-5-21(6-10-24)22-7-11-25(26(31)17-22)23-8-12-28(27(32)18-23)36-14-16-38-30(34)20(3)4/h5-18H,1,3H2,2,4H3. The second kappa shape index (κ2) is 12.8. The van der Waals surface area contributed by atoms with Crippen molar-refractivity contribution in [2.75, 3.05) is 0 Å². The molecule has 0 fully saturated rings. The minimum absolute atomic E-state index is 0.125. The normalized spacial score (nSPS) is 10.8. The fourth-order valence-corrected chi connectivity index (χ4v) is 3.01. The molecule has 0 aliphatic carbocycles. The van der Waals surface area contributed by atoms with E-state index in [-0.39, 0.29) is 22.5 Å². The Labute approximate surface area is 218 Å². The van der Waals surface area contributed by atoms with Gasteiger partial charge in [0, 0.05) is 16.7 Å². The number of hydrogen-bond acceptors (Lipinski definition) is 6. The molecular formula is C30H24F2O6. The molecule has 0 amide bonds. The van der Waals surface area contributed by atoms with E-state index in [0.29, 0.717) is 16.9 Å². The van der Waals surface area contributed by atoms with Crippen molar-refractivity contribution in [3.05, 3.63) is 122 Å². The van der Waals surface area contributed by atoms with Crippen LogP contribution in [-0.4, -0.2) is 11.9 Å². The molecule has 0 saturated carbocycles. The lowest BCUT2D eigenvalue weighted by atomic mass is 9.99. The van der Waals surface area contributed by atoms with Gasteiger partial charge in [0.25, 0.3) is 0 Å². The van der Waals surface area contributed by atoms with Gasteiger partial charge in [-0.05, 0) is 60.9 Å². The van der Waals surface area contributed by atoms with Crippen LogP contribution in [0.25, 0.3) is 22.3 Å². The molecule has 194 valence electrons. The Morgan fingerprint density at radius 1 is 0.658 bits per heavy atom. The van der Waals surface area contributed by atoms with Gasteiger partial charge in [0.05, 0.1) is 0 Å². The van der Waals surface area contributed by atoms with Crippen molar-refractivity contribution < 1.29 is 37.3 Å². The Kier molecular flexibility index (Phi) is 9.31. The first kappa shape index (κ1) is 27.6. The van der Waals surface area contributed by atoms with Crippen LogP contribution in [0.3, 0.4) is 0 Å². The molecule has 0 spiro atoms. The molecule has 0 aliphatic heterocycles. The molecule has 0 aromatic heterocycles. The summed E-state index contributed by atoms with van der Waals surface area (Å²) >= 11 is 0. The maximum atomic E-state index is 14.9. The number of rotatable bonds is 10. The van der Waals surface area contributed by atoms with E-state index in [0.717, 1.165) is 30.4 Å². The minimum atomic E-state index is -0.721. The summed E-state index contributed by atoms with van der Waals surface area (Å²) in [5.74, 6) is -2.10. The predicted molar refractivity (Wildman–Crippen MR) is 139 cm³/mol. The maximum absolute atomic E-state index is 14.9. The molecule has 0 bridgehead atoms. The fourth-order valence-electron chi connectivity index (χ4n) is 3.01. The summed E-state index contributed by atoms with van der Waals surface area (Å²) in [6, 6.07) is 15.5. The van der Waals surface area contributed by atoms with Crippen LogP contribution >= 0.6 is 0 Å². The van der Waals surface area contributed by atoms with Crippen LogP contribution in [0.1, 0.15) is 13.8 Å². The molecule has 38 heavy (non-hydrogen) atoms. The highest BCUT2D eigenvalue weighted by atomic mass is 19.1. The lowest BCUT2D eigenvalue weighted by Crippen LogP contribution is -1.99. The zero-order valence-corrected chi connectivity index (χ0v) is 20.7. The van der Waals surface area contributed by atoms with E-state index in [9.17, 15) is 18.4 Å². The lowest BCUT2D eigenvalue weighted by molar-refractivity contribution is -0.134. The highest BCUT2D eigenvalue weighted by Crippen LogP contribution is 2.31. The zero-order valence-electron chi connectivity index (χ0n) is 20.7. The zero-order chi connectivity index (χ0) is 27.7. The van der Waals surface area contributed by atoms with E-state index in [1.54, 1.807) is 36.4 Å². The van der Waals surface area contributed by atoms with Crippen molar-refractivity contribution in [2.24, 2.45) is 0 Å². The third-order valence-electron chi connectivity index (χ3n) is 4.96. The average Bonchev–Trinajstić information content (AvgIpc) is 2.89. The van der Waals surface area contributed by atoms with E-state index in [4.69, 9.17) is 18.9 Å². The van der Waals surface area contributed by atoms with Crippen LogP contribution in [-0.2, 0) is 19.1 Å². The van der Waals surface area contributed by atoms with E-state index < -0.39 is 23.6 Å². The Hall–Kier alpha value is -4.98. The molecule has 0 unspecified atom stereocenters. The van der Waals surface area contributed by atoms with E-state index >= 15 is 0 Å². The third-order valence-corrected chi connectivity index (χ3v) is 4.96. The molecule has 0 heterocycles. The fraction of sp³-hybridized carbons (Fsp3) is 0.0667. The number of hydrogen-bond donors (Lipinski definition) is 0. The summed E-state index contributed by atoms with van der Waals surface area (Å²) in [5.41, 5.74) is 2.34. The average molecular weight is 519 g/mol. The summed E-state index contributed by atoms with van der Waals surface area (Å²) in [4.78, 5) is 22.6. The van der Waals surface area contributed by atoms with Crippen LogP contribution in [0.2, 0.25) is 0 Å². The largest absolute Gasteiger partial charge is 0.462 e. The van der Waals surface area contributed by atoms with E-state index in [1.165, 1.54) is 38.3 Å². The number of carbonyl (C=O) groups is 2. The van der Waals surface area contributed by atoms with Gasteiger partial charge in [0.1, 0.15) is 36.6 Å². The Balaban J connectivity index is 1.65. The Bertz CT molecular complexity index is 1420. The second-order valence-corrected chi connectivity index (χ2v) is 8.02. The molecule has 3 rings (SSSR count). The molecule has 0 radical (unpaired) electrons. The van der Waals surface area contributed by atoms with Gasteiger partial charge in [-0.25, -0.2) is 18.4 Å². The summed E-state index contributed by atoms with van der Waals surface area (Å²) in [6.07, 6.45) is 4.31. The van der Waals surface area contributed by atoms with Gasteiger partial charge in [-0.2, -0.15) is 0 Å². The number of ether oxygens (including phenoxy) is 4. The van der Waals surface area contributed by atoms with E-state index in [2.05, 4.69) is 13.2 Å². The topological polar surface area (TPSA) is 71.1 Å². The molecule has 0 saturated heterocycles. The van der Waals surface area contributed by atoms with Crippen LogP contribution in [0.5, 0.6) is 11.5 Å². The van der Waals surface area contributed by atoms with Crippen molar-refractivity contribution in [3.63, 3.8) is 0 Å². The number of benzene rings is 3. The number of esters is 2. The molecule has 6 nitrogen and oxygen atoms in total. The highest BCUT2D eigenvalue weighted by Gasteiger charge is 2.11. The highest BCUT2D eigenvalue weighted by molar-refractivity contribution is 5.87. The number of carbonyl (C=O) groups excluding carboxylic acids is 2. The molecule has 3 aromatic rings. The Morgan fingerprint density at radius 2 is 1.18 bits per heavy atom. The van der Waals surface area contributed by atoms with Gasteiger partial charge in [-0.3, -0.25) is 0 Å². The van der Waals surface area contributed by atoms with Gasteiger partial charge in [-0.1, -0.05) is 43.5 Å². The summed E-state index contributed by atoms with van der Waals surface area (Å²) in [7, 11) is 0. The van der Waals surface area contributed by atoms with Crippen molar-refractivity contribution in [2.45, 2.75) is 13.8 Å². The van der Waals surface area contributed by atoms with Gasteiger partial charge >= 0.3 is 11.9 Å². The van der Waals surface area contributed by atoms with Crippen LogP contribution in [0.15, 0.2) is 110 Å². The molecule has 0 aliphatic rings. The smallest absolute Gasteiger partial charge is 0.338 e. The van der Waals surface area contributed by atoms with Gasteiger partial charge in [0.15, 0.2) is 11.6 Å². The van der Waals surface area contributed by atoms with Gasteiger partial charge < -0.3 is 18.9 Å². The van der Waals surface area contributed by atoms with Crippen molar-refractivity contribution in [1.82, 2.24) is 0 Å². The quantitative estimate of drug-likeness (QED) is 0.160.